The molecule has 1 aromatic heterocycles. The van der Waals surface area contributed by atoms with Gasteiger partial charge in [-0.3, -0.25) is 9.69 Å². The van der Waals surface area contributed by atoms with E-state index in [0.717, 1.165) is 16.8 Å². The molecule has 35 heavy (non-hydrogen) atoms. The Labute approximate surface area is 201 Å². The number of para-hydroxylation sites is 1. The Kier molecular flexibility index (Phi) is 4.81. The first kappa shape index (κ1) is 21.0. The fraction of sp³-hybridized carbons (Fsp3) is 0.148. The van der Waals surface area contributed by atoms with Crippen LogP contribution in [0.5, 0.6) is 11.5 Å². The van der Waals surface area contributed by atoms with Crippen LogP contribution >= 0.6 is 0 Å². The molecule has 0 radical (unpaired) electrons. The van der Waals surface area contributed by atoms with E-state index in [1.165, 1.54) is 4.90 Å². The zero-order valence-electron chi connectivity index (χ0n) is 19.0. The average Bonchev–Trinajstić information content (AvgIpc) is 3.59. The number of imide groups is 1. The smallest absolute Gasteiger partial charge is 0.325 e. The summed E-state index contributed by atoms with van der Waals surface area (Å²) in [6.07, 6.45) is 1.87. The van der Waals surface area contributed by atoms with E-state index in [1.54, 1.807) is 29.8 Å². The SMILES string of the molecule is C[C@]1(c2ccc3c(c2)OCO3)NC(=O)N(Cc2cn(-c3ccccc3)nc2-c2ccccc2)C1=O. The Morgan fingerprint density at radius 2 is 1.66 bits per heavy atom. The number of fused-ring (bicyclic) bond motifs is 1. The molecule has 3 amide bonds. The van der Waals surface area contributed by atoms with E-state index < -0.39 is 11.6 Å². The Balaban J connectivity index is 1.36. The molecule has 1 atom stereocenters. The standard InChI is InChI=1S/C27H22N4O4/c1-27(20-12-13-22-23(14-20)35-17-34-22)25(32)30(26(33)28-27)15-19-16-31(21-10-6-3-7-11-21)29-24(19)18-8-4-2-5-9-18/h2-14,16H,15,17H2,1H3,(H,28,33)/t27-/m1/s1. The summed E-state index contributed by atoms with van der Waals surface area (Å²) in [5.74, 6) is 0.833. The van der Waals surface area contributed by atoms with Crippen LogP contribution in [0.2, 0.25) is 0 Å². The van der Waals surface area contributed by atoms with Gasteiger partial charge in [0.2, 0.25) is 6.79 Å². The molecule has 3 aromatic carbocycles. The van der Waals surface area contributed by atoms with Crippen LogP contribution in [-0.2, 0) is 16.9 Å². The molecule has 0 saturated carbocycles. The lowest BCUT2D eigenvalue weighted by molar-refractivity contribution is -0.131. The van der Waals surface area contributed by atoms with Gasteiger partial charge in [0.15, 0.2) is 11.5 Å². The summed E-state index contributed by atoms with van der Waals surface area (Å²) >= 11 is 0. The quantitative estimate of drug-likeness (QED) is 0.445. The highest BCUT2D eigenvalue weighted by Crippen LogP contribution is 2.38. The van der Waals surface area contributed by atoms with Gasteiger partial charge in [0.05, 0.1) is 17.9 Å². The number of rotatable bonds is 5. The molecular weight excluding hydrogens is 444 g/mol. The highest BCUT2D eigenvalue weighted by atomic mass is 16.7. The van der Waals surface area contributed by atoms with Crippen LogP contribution in [0.1, 0.15) is 18.1 Å². The van der Waals surface area contributed by atoms with Gasteiger partial charge < -0.3 is 14.8 Å². The van der Waals surface area contributed by atoms with Crippen LogP contribution in [0.15, 0.2) is 85.1 Å². The van der Waals surface area contributed by atoms with Gasteiger partial charge >= 0.3 is 6.03 Å². The zero-order valence-corrected chi connectivity index (χ0v) is 19.0. The summed E-state index contributed by atoms with van der Waals surface area (Å²) in [4.78, 5) is 27.9. The van der Waals surface area contributed by atoms with Crippen LogP contribution in [0.4, 0.5) is 4.79 Å². The number of carbonyl (C=O) groups excluding carboxylic acids is 2. The summed E-state index contributed by atoms with van der Waals surface area (Å²) in [5, 5.41) is 7.66. The second kappa shape index (κ2) is 8.02. The Bertz CT molecular complexity index is 1430. The van der Waals surface area contributed by atoms with Gasteiger partial charge in [-0.25, -0.2) is 9.48 Å². The molecular formula is C27H22N4O4. The van der Waals surface area contributed by atoms with E-state index in [-0.39, 0.29) is 19.2 Å². The van der Waals surface area contributed by atoms with Crippen LogP contribution in [-0.4, -0.2) is 33.4 Å². The second-order valence-corrected chi connectivity index (χ2v) is 8.66. The third-order valence-electron chi connectivity index (χ3n) is 6.41. The van der Waals surface area contributed by atoms with E-state index in [0.29, 0.717) is 22.8 Å². The molecule has 3 heterocycles. The zero-order chi connectivity index (χ0) is 24.0. The number of hydrogen-bond donors (Lipinski definition) is 1. The fourth-order valence-electron chi connectivity index (χ4n) is 4.49. The molecule has 0 spiro atoms. The first-order valence-corrected chi connectivity index (χ1v) is 11.3. The van der Waals surface area contributed by atoms with Crippen molar-refractivity contribution in [3.05, 3.63) is 96.2 Å². The van der Waals surface area contributed by atoms with Crippen molar-refractivity contribution < 1.29 is 19.1 Å². The number of benzene rings is 3. The molecule has 0 unspecified atom stereocenters. The minimum Gasteiger partial charge on any atom is -0.454 e. The van der Waals surface area contributed by atoms with Crippen LogP contribution < -0.4 is 14.8 Å². The first-order chi connectivity index (χ1) is 17.0. The number of carbonyl (C=O) groups is 2. The number of aromatic nitrogens is 2. The molecule has 1 saturated heterocycles. The summed E-state index contributed by atoms with van der Waals surface area (Å²) in [6, 6.07) is 24.3. The Morgan fingerprint density at radius 1 is 0.943 bits per heavy atom. The number of amides is 3. The van der Waals surface area contributed by atoms with Gasteiger partial charge in [0.25, 0.3) is 5.91 Å². The van der Waals surface area contributed by atoms with Crippen molar-refractivity contribution in [2.24, 2.45) is 0 Å². The molecule has 8 heteroatoms. The summed E-state index contributed by atoms with van der Waals surface area (Å²) in [6.45, 7) is 1.92. The summed E-state index contributed by atoms with van der Waals surface area (Å²) < 4.78 is 12.6. The molecule has 8 nitrogen and oxygen atoms in total. The molecule has 1 fully saturated rings. The van der Waals surface area contributed by atoms with Crippen molar-refractivity contribution in [2.75, 3.05) is 6.79 Å². The molecule has 0 bridgehead atoms. The molecule has 1 N–H and O–H groups in total. The maximum atomic E-state index is 13.6. The van der Waals surface area contributed by atoms with E-state index in [4.69, 9.17) is 14.6 Å². The minimum atomic E-state index is -1.22. The number of urea groups is 1. The van der Waals surface area contributed by atoms with Crippen molar-refractivity contribution in [3.8, 4) is 28.4 Å². The first-order valence-electron chi connectivity index (χ1n) is 11.3. The van der Waals surface area contributed by atoms with Gasteiger partial charge in [-0.2, -0.15) is 5.10 Å². The van der Waals surface area contributed by atoms with Crippen molar-refractivity contribution in [2.45, 2.75) is 19.0 Å². The lowest BCUT2D eigenvalue weighted by Gasteiger charge is -2.22. The third-order valence-corrected chi connectivity index (χ3v) is 6.41. The lowest BCUT2D eigenvalue weighted by Crippen LogP contribution is -2.40. The molecule has 4 aromatic rings. The largest absolute Gasteiger partial charge is 0.454 e. The van der Waals surface area contributed by atoms with Crippen molar-refractivity contribution >= 4 is 11.9 Å². The van der Waals surface area contributed by atoms with E-state index in [2.05, 4.69) is 5.32 Å². The maximum absolute atomic E-state index is 13.6. The van der Waals surface area contributed by atoms with Crippen LogP contribution in [0, 0.1) is 0 Å². The fourth-order valence-corrected chi connectivity index (χ4v) is 4.49. The Morgan fingerprint density at radius 3 is 2.43 bits per heavy atom. The highest BCUT2D eigenvalue weighted by Gasteiger charge is 2.49. The highest BCUT2D eigenvalue weighted by molar-refractivity contribution is 6.07. The predicted octanol–water partition coefficient (Wildman–Crippen LogP) is 4.24. The molecule has 2 aliphatic heterocycles. The van der Waals surface area contributed by atoms with E-state index in [9.17, 15) is 9.59 Å². The van der Waals surface area contributed by atoms with Gasteiger partial charge in [0, 0.05) is 17.3 Å². The number of nitrogens with zero attached hydrogens (tertiary/aromatic N) is 3. The third kappa shape index (κ3) is 3.50. The molecule has 0 aliphatic carbocycles. The van der Waals surface area contributed by atoms with E-state index >= 15 is 0 Å². The summed E-state index contributed by atoms with van der Waals surface area (Å²) in [5.41, 5.74) is 2.68. The van der Waals surface area contributed by atoms with E-state index in [1.807, 2.05) is 66.9 Å². The van der Waals surface area contributed by atoms with Crippen LogP contribution in [0.25, 0.3) is 16.9 Å². The Hall–Kier alpha value is -4.59. The number of hydrogen-bond acceptors (Lipinski definition) is 5. The van der Waals surface area contributed by atoms with Gasteiger partial charge in [-0.05, 0) is 36.8 Å². The normalized spacial score (nSPS) is 18.7. The molecule has 174 valence electrons. The van der Waals surface area contributed by atoms with Gasteiger partial charge in [-0.15, -0.1) is 0 Å². The van der Waals surface area contributed by atoms with Crippen LogP contribution in [0.3, 0.4) is 0 Å². The van der Waals surface area contributed by atoms with Gasteiger partial charge in [0.1, 0.15) is 5.54 Å². The topological polar surface area (TPSA) is 85.7 Å². The number of ether oxygens (including phenoxy) is 2. The van der Waals surface area contributed by atoms with Crippen molar-refractivity contribution in [1.82, 2.24) is 20.0 Å². The second-order valence-electron chi connectivity index (χ2n) is 8.66. The molecule has 2 aliphatic rings. The summed E-state index contributed by atoms with van der Waals surface area (Å²) in [7, 11) is 0. The monoisotopic (exact) mass is 466 g/mol. The predicted molar refractivity (Wildman–Crippen MR) is 128 cm³/mol. The van der Waals surface area contributed by atoms with Crippen molar-refractivity contribution in [3.63, 3.8) is 0 Å². The average molecular weight is 466 g/mol. The lowest BCUT2D eigenvalue weighted by atomic mass is 9.91. The maximum Gasteiger partial charge on any atom is 0.325 e. The minimum absolute atomic E-state index is 0.0852. The van der Waals surface area contributed by atoms with Crippen molar-refractivity contribution in [1.29, 1.82) is 0 Å². The number of nitrogens with one attached hydrogen (secondary N) is 1. The van der Waals surface area contributed by atoms with Gasteiger partial charge in [-0.1, -0.05) is 54.6 Å². The molecule has 6 rings (SSSR count).